The summed E-state index contributed by atoms with van der Waals surface area (Å²) >= 11 is 0. The van der Waals surface area contributed by atoms with Gasteiger partial charge < -0.3 is 9.47 Å². The predicted octanol–water partition coefficient (Wildman–Crippen LogP) is 2.33. The molecule has 0 amide bonds. The van der Waals surface area contributed by atoms with Crippen LogP contribution in [0.1, 0.15) is 12.5 Å². The van der Waals surface area contributed by atoms with Gasteiger partial charge in [0.25, 0.3) is 0 Å². The largest absolute Gasteiger partial charge is 0.358 e. The van der Waals surface area contributed by atoms with Gasteiger partial charge in [-0.3, -0.25) is 0 Å². The Labute approximate surface area is 117 Å². The highest BCUT2D eigenvalue weighted by atomic mass is 15.2. The fraction of sp³-hybridized carbons (Fsp3) is 0.267. The monoisotopic (exact) mass is 267 g/mol. The van der Waals surface area contributed by atoms with Crippen LogP contribution in [0.5, 0.6) is 0 Å². The van der Waals surface area contributed by atoms with Gasteiger partial charge in [-0.05, 0) is 12.5 Å². The molecule has 102 valence electrons. The van der Waals surface area contributed by atoms with Crippen LogP contribution >= 0.6 is 0 Å². The van der Waals surface area contributed by atoms with Crippen molar-refractivity contribution in [1.82, 2.24) is 19.5 Å². The molecule has 0 aliphatic rings. The minimum atomic E-state index is 0.767. The van der Waals surface area contributed by atoms with Gasteiger partial charge in [0.15, 0.2) is 17.0 Å². The van der Waals surface area contributed by atoms with E-state index in [9.17, 15) is 0 Å². The molecule has 0 N–H and O–H groups in total. The van der Waals surface area contributed by atoms with Crippen LogP contribution in [0.2, 0.25) is 0 Å². The molecule has 0 aliphatic heterocycles. The molecule has 0 fully saturated rings. The third kappa shape index (κ3) is 2.22. The zero-order valence-corrected chi connectivity index (χ0v) is 11.7. The zero-order valence-electron chi connectivity index (χ0n) is 11.7. The lowest BCUT2D eigenvalue weighted by molar-refractivity contribution is 0.812. The zero-order chi connectivity index (χ0) is 13.9. The number of hydrogen-bond acceptors (Lipinski definition) is 4. The Morgan fingerprint density at radius 1 is 1.10 bits per heavy atom. The molecule has 2 heterocycles. The lowest BCUT2D eigenvalue weighted by atomic mass is 10.2. The molecule has 20 heavy (non-hydrogen) atoms. The number of benzene rings is 1. The Bertz CT molecular complexity index is 705. The maximum Gasteiger partial charge on any atom is 0.165 e. The summed E-state index contributed by atoms with van der Waals surface area (Å²) in [6.07, 6.45) is 3.44. The summed E-state index contributed by atoms with van der Waals surface area (Å²) in [5.41, 5.74) is 2.96. The third-order valence-corrected chi connectivity index (χ3v) is 3.41. The molecule has 0 saturated carbocycles. The minimum Gasteiger partial charge on any atom is -0.358 e. The Morgan fingerprint density at radius 3 is 2.65 bits per heavy atom. The molecule has 2 aromatic heterocycles. The summed E-state index contributed by atoms with van der Waals surface area (Å²) in [6, 6.07) is 10.3. The van der Waals surface area contributed by atoms with Crippen molar-refractivity contribution in [2.45, 2.75) is 13.5 Å². The van der Waals surface area contributed by atoms with Crippen LogP contribution in [0.15, 0.2) is 43.0 Å². The van der Waals surface area contributed by atoms with Crippen LogP contribution < -0.4 is 4.90 Å². The molecular weight excluding hydrogens is 250 g/mol. The molecule has 0 atom stereocenters. The highest BCUT2D eigenvalue weighted by molar-refractivity contribution is 5.83. The van der Waals surface area contributed by atoms with Crippen molar-refractivity contribution >= 4 is 17.0 Å². The van der Waals surface area contributed by atoms with E-state index in [0.717, 1.165) is 30.1 Å². The quantitative estimate of drug-likeness (QED) is 0.728. The van der Waals surface area contributed by atoms with E-state index in [4.69, 9.17) is 0 Å². The van der Waals surface area contributed by atoms with E-state index < -0.39 is 0 Å². The van der Waals surface area contributed by atoms with E-state index in [1.807, 2.05) is 31.6 Å². The normalized spacial score (nSPS) is 10.9. The molecular formula is C15H17N5. The summed E-state index contributed by atoms with van der Waals surface area (Å²) in [5.74, 6) is 0.879. The van der Waals surface area contributed by atoms with Gasteiger partial charge in [0, 0.05) is 13.6 Å². The lowest BCUT2D eigenvalue weighted by Gasteiger charge is -2.15. The first-order valence-electron chi connectivity index (χ1n) is 6.70. The SMILES string of the molecule is CCN(C)c1ncnc2c1ncn2Cc1ccccc1. The second-order valence-corrected chi connectivity index (χ2v) is 4.74. The van der Waals surface area contributed by atoms with E-state index in [-0.39, 0.29) is 0 Å². The summed E-state index contributed by atoms with van der Waals surface area (Å²) in [7, 11) is 2.01. The van der Waals surface area contributed by atoms with Gasteiger partial charge in [-0.1, -0.05) is 30.3 Å². The fourth-order valence-electron chi connectivity index (χ4n) is 2.19. The molecule has 0 bridgehead atoms. The van der Waals surface area contributed by atoms with Gasteiger partial charge in [0.05, 0.1) is 12.9 Å². The average Bonchev–Trinajstić information content (AvgIpc) is 2.91. The summed E-state index contributed by atoms with van der Waals surface area (Å²) in [5, 5.41) is 0. The second-order valence-electron chi connectivity index (χ2n) is 4.74. The van der Waals surface area contributed by atoms with Crippen LogP contribution in [-0.2, 0) is 6.54 Å². The van der Waals surface area contributed by atoms with Crippen molar-refractivity contribution < 1.29 is 0 Å². The Hall–Kier alpha value is -2.43. The Balaban J connectivity index is 2.02. The van der Waals surface area contributed by atoms with Gasteiger partial charge in [0.1, 0.15) is 6.33 Å². The van der Waals surface area contributed by atoms with E-state index in [1.54, 1.807) is 6.33 Å². The maximum absolute atomic E-state index is 4.48. The average molecular weight is 267 g/mol. The molecule has 0 spiro atoms. The van der Waals surface area contributed by atoms with E-state index in [0.29, 0.717) is 0 Å². The highest BCUT2D eigenvalue weighted by Gasteiger charge is 2.12. The van der Waals surface area contributed by atoms with Gasteiger partial charge in [-0.15, -0.1) is 0 Å². The molecule has 3 rings (SSSR count). The van der Waals surface area contributed by atoms with Crippen molar-refractivity contribution in [2.75, 3.05) is 18.5 Å². The first kappa shape index (κ1) is 12.6. The lowest BCUT2D eigenvalue weighted by Crippen LogP contribution is -2.17. The van der Waals surface area contributed by atoms with Crippen molar-refractivity contribution in [1.29, 1.82) is 0 Å². The molecule has 5 nitrogen and oxygen atoms in total. The van der Waals surface area contributed by atoms with E-state index >= 15 is 0 Å². The number of anilines is 1. The number of nitrogens with zero attached hydrogens (tertiary/aromatic N) is 5. The molecule has 3 aromatic rings. The first-order valence-corrected chi connectivity index (χ1v) is 6.70. The summed E-state index contributed by atoms with van der Waals surface area (Å²) in [6.45, 7) is 3.75. The number of fused-ring (bicyclic) bond motifs is 1. The van der Waals surface area contributed by atoms with Crippen molar-refractivity contribution in [3.63, 3.8) is 0 Å². The molecule has 0 saturated heterocycles. The number of hydrogen-bond donors (Lipinski definition) is 0. The standard InChI is InChI=1S/C15H17N5/c1-3-19(2)14-13-15(17-10-16-14)20(11-18-13)9-12-7-5-4-6-8-12/h4-8,10-11H,3,9H2,1-2H3. The number of aromatic nitrogens is 4. The van der Waals surface area contributed by atoms with Crippen molar-refractivity contribution in [3.05, 3.63) is 48.5 Å². The van der Waals surface area contributed by atoms with Crippen LogP contribution in [0.4, 0.5) is 5.82 Å². The van der Waals surface area contributed by atoms with Crippen LogP contribution in [0.3, 0.4) is 0 Å². The molecule has 1 aromatic carbocycles. The Kier molecular flexibility index (Phi) is 3.33. The van der Waals surface area contributed by atoms with Crippen molar-refractivity contribution in [2.24, 2.45) is 0 Å². The molecule has 0 unspecified atom stereocenters. The maximum atomic E-state index is 4.48. The first-order chi connectivity index (χ1) is 9.79. The summed E-state index contributed by atoms with van der Waals surface area (Å²) in [4.78, 5) is 15.3. The molecule has 0 aliphatic carbocycles. The predicted molar refractivity (Wildman–Crippen MR) is 79.8 cm³/mol. The topological polar surface area (TPSA) is 46.8 Å². The van der Waals surface area contributed by atoms with Crippen LogP contribution in [0.25, 0.3) is 11.2 Å². The molecule has 5 heteroatoms. The third-order valence-electron chi connectivity index (χ3n) is 3.41. The van der Waals surface area contributed by atoms with E-state index in [1.165, 1.54) is 5.56 Å². The van der Waals surface area contributed by atoms with Gasteiger partial charge in [-0.25, -0.2) is 15.0 Å². The second kappa shape index (κ2) is 5.28. The van der Waals surface area contributed by atoms with Crippen LogP contribution in [0, 0.1) is 0 Å². The summed E-state index contributed by atoms with van der Waals surface area (Å²) < 4.78 is 2.05. The van der Waals surface area contributed by atoms with Gasteiger partial charge >= 0.3 is 0 Å². The van der Waals surface area contributed by atoms with Crippen molar-refractivity contribution in [3.8, 4) is 0 Å². The minimum absolute atomic E-state index is 0.767. The van der Waals surface area contributed by atoms with E-state index in [2.05, 4.69) is 43.5 Å². The number of imidazole rings is 1. The fourth-order valence-corrected chi connectivity index (χ4v) is 2.19. The van der Waals surface area contributed by atoms with Gasteiger partial charge in [0.2, 0.25) is 0 Å². The van der Waals surface area contributed by atoms with Gasteiger partial charge in [-0.2, -0.15) is 0 Å². The van der Waals surface area contributed by atoms with Crippen LogP contribution in [-0.4, -0.2) is 33.1 Å². The number of rotatable bonds is 4. The highest BCUT2D eigenvalue weighted by Crippen LogP contribution is 2.20. The Morgan fingerprint density at radius 2 is 1.90 bits per heavy atom. The molecule has 0 radical (unpaired) electrons. The smallest absolute Gasteiger partial charge is 0.165 e.